The summed E-state index contributed by atoms with van der Waals surface area (Å²) in [5.41, 5.74) is 2.97. The summed E-state index contributed by atoms with van der Waals surface area (Å²) in [4.78, 5) is 38.8. The Balaban J connectivity index is 0.979. The van der Waals surface area contributed by atoms with E-state index in [1.807, 2.05) is 30.0 Å². The van der Waals surface area contributed by atoms with Crippen LogP contribution in [0.2, 0.25) is 0 Å². The predicted molar refractivity (Wildman–Crippen MR) is 180 cm³/mol. The molecule has 49 heavy (non-hydrogen) atoms. The van der Waals surface area contributed by atoms with E-state index in [-0.39, 0.29) is 47.7 Å². The molecule has 0 saturated carbocycles. The average molecular weight is 666 g/mol. The number of aromatic nitrogens is 4. The van der Waals surface area contributed by atoms with E-state index in [1.165, 1.54) is 30.6 Å². The zero-order valence-corrected chi connectivity index (χ0v) is 26.8. The van der Waals surface area contributed by atoms with Gasteiger partial charge in [-0.3, -0.25) is 19.6 Å². The lowest BCUT2D eigenvalue weighted by Gasteiger charge is -2.30. The standard InChI is InChI=1S/C37H34F3N7O2/c1-2-37(36(49)43-26-8-9-32-29(18-26)34(45-44-32)24-4-6-25(38)7-5-24)12-17-46(22-37)21-33(48)47-15-10-23(11-16-47)27-19-31(40)28(20-30(27)39)35-41-13-3-14-42-35/h3-10,13-14,18-20H,2,11-12,15-17,21-22H2,1H3,(H,43,49)(H,44,45)/t37-/m1/s1. The highest BCUT2D eigenvalue weighted by atomic mass is 19.1. The Kier molecular flexibility index (Phi) is 8.72. The quantitative estimate of drug-likeness (QED) is 0.197. The smallest absolute Gasteiger partial charge is 0.237 e. The first kappa shape index (κ1) is 32.2. The lowest BCUT2D eigenvalue weighted by Crippen LogP contribution is -2.43. The molecule has 2 aromatic heterocycles. The van der Waals surface area contributed by atoms with Crippen LogP contribution in [0.4, 0.5) is 18.9 Å². The van der Waals surface area contributed by atoms with Gasteiger partial charge in [0.1, 0.15) is 17.5 Å². The van der Waals surface area contributed by atoms with E-state index in [0.29, 0.717) is 55.9 Å². The van der Waals surface area contributed by atoms with Crippen LogP contribution in [0.1, 0.15) is 31.7 Å². The van der Waals surface area contributed by atoms with Crippen LogP contribution >= 0.6 is 0 Å². The molecule has 0 radical (unpaired) electrons. The van der Waals surface area contributed by atoms with Gasteiger partial charge in [0.2, 0.25) is 11.8 Å². The third-order valence-electron chi connectivity index (χ3n) is 9.66. The van der Waals surface area contributed by atoms with Crippen LogP contribution < -0.4 is 5.32 Å². The fraction of sp³-hybridized carbons (Fsp3) is 0.270. The summed E-state index contributed by atoms with van der Waals surface area (Å²) < 4.78 is 43.5. The second-order valence-corrected chi connectivity index (χ2v) is 12.6. The van der Waals surface area contributed by atoms with Crippen molar-refractivity contribution in [2.75, 3.05) is 38.0 Å². The summed E-state index contributed by atoms with van der Waals surface area (Å²) in [5.74, 6) is -1.59. The van der Waals surface area contributed by atoms with Crippen LogP contribution in [-0.4, -0.2) is 74.5 Å². The molecule has 250 valence electrons. The summed E-state index contributed by atoms with van der Waals surface area (Å²) in [6.07, 6.45) is 6.30. The number of hydrogen-bond donors (Lipinski definition) is 2. The van der Waals surface area contributed by atoms with Crippen LogP contribution in [0.5, 0.6) is 0 Å². The van der Waals surface area contributed by atoms with Gasteiger partial charge in [0, 0.05) is 54.2 Å². The Morgan fingerprint density at radius 2 is 1.71 bits per heavy atom. The number of nitrogens with zero attached hydrogens (tertiary/aromatic N) is 5. The van der Waals surface area contributed by atoms with Crippen LogP contribution in [0.3, 0.4) is 0 Å². The van der Waals surface area contributed by atoms with Crippen molar-refractivity contribution in [2.45, 2.75) is 26.2 Å². The molecule has 1 fully saturated rings. The minimum absolute atomic E-state index is 0.00690. The van der Waals surface area contributed by atoms with Gasteiger partial charge in [-0.2, -0.15) is 5.10 Å². The maximum atomic E-state index is 15.1. The molecule has 0 spiro atoms. The monoisotopic (exact) mass is 665 g/mol. The second-order valence-electron chi connectivity index (χ2n) is 12.6. The maximum Gasteiger partial charge on any atom is 0.237 e. The minimum atomic E-state index is -0.668. The van der Waals surface area contributed by atoms with Crippen molar-refractivity contribution in [2.24, 2.45) is 5.41 Å². The van der Waals surface area contributed by atoms with Gasteiger partial charge < -0.3 is 10.2 Å². The highest BCUT2D eigenvalue weighted by Crippen LogP contribution is 2.37. The number of fused-ring (bicyclic) bond motifs is 1. The molecule has 9 nitrogen and oxygen atoms in total. The van der Waals surface area contributed by atoms with E-state index in [2.05, 4.69) is 25.5 Å². The van der Waals surface area contributed by atoms with Crippen molar-refractivity contribution in [3.05, 3.63) is 102 Å². The van der Waals surface area contributed by atoms with Crippen molar-refractivity contribution in [3.8, 4) is 22.6 Å². The Hall–Kier alpha value is -5.36. The van der Waals surface area contributed by atoms with E-state index in [0.717, 1.165) is 22.5 Å². The maximum absolute atomic E-state index is 15.1. The van der Waals surface area contributed by atoms with E-state index < -0.39 is 17.0 Å². The third kappa shape index (κ3) is 6.43. The minimum Gasteiger partial charge on any atom is -0.338 e. The van der Waals surface area contributed by atoms with E-state index in [4.69, 9.17) is 0 Å². The number of halogens is 3. The summed E-state index contributed by atoms with van der Waals surface area (Å²) in [7, 11) is 0. The van der Waals surface area contributed by atoms with E-state index >= 15 is 4.39 Å². The summed E-state index contributed by atoms with van der Waals surface area (Å²) >= 11 is 0. The number of hydrogen-bond acceptors (Lipinski definition) is 6. The first-order valence-electron chi connectivity index (χ1n) is 16.2. The molecule has 0 bridgehead atoms. The van der Waals surface area contributed by atoms with Gasteiger partial charge in [-0.15, -0.1) is 0 Å². The second kappa shape index (κ2) is 13.3. The molecule has 2 N–H and O–H groups in total. The summed E-state index contributed by atoms with van der Waals surface area (Å²) in [5, 5.41) is 11.3. The zero-order chi connectivity index (χ0) is 34.1. The Bertz CT molecular complexity index is 2070. The molecule has 3 aromatic carbocycles. The van der Waals surface area contributed by atoms with Gasteiger partial charge in [0.15, 0.2) is 5.82 Å². The van der Waals surface area contributed by atoms with Crippen molar-refractivity contribution in [1.29, 1.82) is 0 Å². The lowest BCUT2D eigenvalue weighted by molar-refractivity contribution is -0.132. The normalized spacial score (nSPS) is 18.1. The van der Waals surface area contributed by atoms with Crippen molar-refractivity contribution >= 4 is 34.0 Å². The van der Waals surface area contributed by atoms with Gasteiger partial charge >= 0.3 is 0 Å². The van der Waals surface area contributed by atoms with Gasteiger partial charge in [0.05, 0.1) is 28.7 Å². The first-order valence-corrected chi connectivity index (χ1v) is 16.2. The molecule has 7 rings (SSSR count). The molecule has 0 aliphatic carbocycles. The molecule has 12 heteroatoms. The van der Waals surface area contributed by atoms with Crippen LogP contribution in [0.15, 0.2) is 79.1 Å². The van der Waals surface area contributed by atoms with Gasteiger partial charge in [-0.1, -0.05) is 13.0 Å². The molecule has 2 aliphatic rings. The van der Waals surface area contributed by atoms with Crippen molar-refractivity contribution in [3.63, 3.8) is 0 Å². The molecule has 1 atom stereocenters. The lowest BCUT2D eigenvalue weighted by atomic mass is 9.83. The number of aromatic amines is 1. The number of likely N-dealkylation sites (tertiary alicyclic amines) is 1. The third-order valence-corrected chi connectivity index (χ3v) is 9.66. The van der Waals surface area contributed by atoms with Crippen LogP contribution in [0.25, 0.3) is 39.1 Å². The van der Waals surface area contributed by atoms with Crippen molar-refractivity contribution in [1.82, 2.24) is 30.0 Å². The number of anilines is 1. The predicted octanol–water partition coefficient (Wildman–Crippen LogP) is 6.46. The van der Waals surface area contributed by atoms with Crippen LogP contribution in [-0.2, 0) is 9.59 Å². The molecule has 4 heterocycles. The first-order chi connectivity index (χ1) is 23.7. The number of nitrogens with one attached hydrogen (secondary N) is 2. The average Bonchev–Trinajstić information content (AvgIpc) is 3.74. The number of carbonyl (C=O) groups is 2. The number of rotatable bonds is 8. The largest absolute Gasteiger partial charge is 0.338 e. The fourth-order valence-electron chi connectivity index (χ4n) is 6.74. The van der Waals surface area contributed by atoms with Crippen LogP contribution in [0, 0.1) is 22.9 Å². The molecular weight excluding hydrogens is 631 g/mol. The molecule has 5 aromatic rings. The summed E-state index contributed by atoms with van der Waals surface area (Å²) in [6, 6.07) is 15.5. The number of H-pyrrole nitrogens is 1. The highest BCUT2D eigenvalue weighted by molar-refractivity contribution is 6.00. The fourth-order valence-corrected chi connectivity index (χ4v) is 6.74. The number of carbonyl (C=O) groups excluding carboxylic acids is 2. The summed E-state index contributed by atoms with van der Waals surface area (Å²) in [6.45, 7) is 3.83. The van der Waals surface area contributed by atoms with Gasteiger partial charge in [-0.05, 0) is 92.0 Å². The molecule has 2 amide bonds. The Morgan fingerprint density at radius 1 is 0.959 bits per heavy atom. The van der Waals surface area contributed by atoms with Crippen molar-refractivity contribution < 1.29 is 22.8 Å². The molecule has 0 unspecified atom stereocenters. The number of amides is 2. The Labute approximate surface area is 280 Å². The SMILES string of the molecule is CC[C@@]1(C(=O)Nc2ccc3[nH]nc(-c4ccc(F)cc4)c3c2)CCN(CC(=O)N2CC=C(c3cc(F)c(-c4ncccn4)cc3F)CC2)C1. The molecular formula is C37H34F3N7O2. The van der Waals surface area contributed by atoms with Gasteiger partial charge in [0.25, 0.3) is 0 Å². The molecule has 1 saturated heterocycles. The zero-order valence-electron chi connectivity index (χ0n) is 26.8. The van der Waals surface area contributed by atoms with E-state index in [1.54, 1.807) is 29.2 Å². The Morgan fingerprint density at radius 3 is 2.45 bits per heavy atom. The van der Waals surface area contributed by atoms with Gasteiger partial charge in [-0.25, -0.2) is 23.1 Å². The number of benzene rings is 3. The highest BCUT2D eigenvalue weighted by Gasteiger charge is 2.43. The molecule has 2 aliphatic heterocycles. The van der Waals surface area contributed by atoms with E-state index in [9.17, 15) is 18.4 Å². The topological polar surface area (TPSA) is 107 Å².